The first-order valence-electron chi connectivity index (χ1n) is 11.9. The summed E-state index contributed by atoms with van der Waals surface area (Å²) in [5.41, 5.74) is 4.26. The lowest BCUT2D eigenvalue weighted by atomic mass is 9.98. The number of benzene rings is 1. The van der Waals surface area contributed by atoms with Crippen molar-refractivity contribution < 1.29 is 33.1 Å². The first kappa shape index (κ1) is 29.1. The van der Waals surface area contributed by atoms with Gasteiger partial charge < -0.3 is 34.6 Å². The molecule has 1 unspecified atom stereocenters. The lowest BCUT2D eigenvalue weighted by Crippen LogP contribution is -2.41. The van der Waals surface area contributed by atoms with Gasteiger partial charge in [0.15, 0.2) is 36.0 Å². The molecule has 3 aromatic rings. The van der Waals surface area contributed by atoms with Crippen LogP contribution in [-0.2, 0) is 30.6 Å². The summed E-state index contributed by atoms with van der Waals surface area (Å²) in [6.07, 6.45) is -2.63. The highest BCUT2D eigenvalue weighted by Crippen LogP contribution is 2.44. The van der Waals surface area contributed by atoms with E-state index in [9.17, 15) is 9.90 Å². The molecule has 1 fully saturated rings. The predicted molar refractivity (Wildman–Crippen MR) is 146 cm³/mol. The summed E-state index contributed by atoms with van der Waals surface area (Å²) < 4.78 is 33.9. The number of imidazole rings is 1. The van der Waals surface area contributed by atoms with Crippen molar-refractivity contribution in [2.24, 2.45) is 0 Å². The van der Waals surface area contributed by atoms with Gasteiger partial charge in [0, 0.05) is 14.1 Å². The average molecular weight is 584 g/mol. The van der Waals surface area contributed by atoms with Crippen LogP contribution >= 0.6 is 7.07 Å². The van der Waals surface area contributed by atoms with E-state index in [4.69, 9.17) is 36.4 Å². The van der Waals surface area contributed by atoms with E-state index in [-0.39, 0.29) is 18.2 Å². The Hall–Kier alpha value is -2.94. The minimum atomic E-state index is -2.43. The van der Waals surface area contributed by atoms with Crippen molar-refractivity contribution in [3.05, 3.63) is 36.7 Å². The zero-order valence-corrected chi connectivity index (χ0v) is 23.8. The second kappa shape index (κ2) is 11.7. The van der Waals surface area contributed by atoms with Crippen LogP contribution in [0.15, 0.2) is 36.7 Å². The summed E-state index contributed by atoms with van der Waals surface area (Å²) in [6, 6.07) is 7.82. The predicted octanol–water partition coefficient (Wildman–Crippen LogP) is 1.84. The summed E-state index contributed by atoms with van der Waals surface area (Å²) in [7, 11) is 2.35. The number of nitrogens with two attached hydrogens (primary N) is 1. The fraction of sp³-hybridized carbons (Fsp3) is 0.478. The molecule has 4 rings (SSSR count). The fourth-order valence-electron chi connectivity index (χ4n) is 4.10. The maximum atomic E-state index is 15.9. The molecular formula is C23H31FN7O6PS. The first-order chi connectivity index (χ1) is 18.4. The van der Waals surface area contributed by atoms with Crippen LogP contribution in [0, 0.1) is 0 Å². The average Bonchev–Trinajstić information content (AvgIpc) is 3.42. The van der Waals surface area contributed by atoms with Gasteiger partial charge in [-0.25, -0.2) is 9.37 Å². The number of anilines is 2. The monoisotopic (exact) mass is 583 g/mol. The Morgan fingerprint density at radius 1 is 1.36 bits per heavy atom. The second-order valence-corrected chi connectivity index (χ2v) is 11.6. The van der Waals surface area contributed by atoms with Gasteiger partial charge in [0.1, 0.15) is 24.0 Å². The topological polar surface area (TPSA) is 150 Å². The Kier molecular flexibility index (Phi) is 8.69. The van der Waals surface area contributed by atoms with E-state index in [1.54, 1.807) is 50.2 Å². The summed E-state index contributed by atoms with van der Waals surface area (Å²) in [6.45, 7) is 2.50. The molecule has 212 valence electrons. The number of halogens is 1. The number of fused-ring (bicyclic) bond motifs is 1. The number of aliphatic hydroxyl groups is 1. The number of nitrogen functional groups attached to an aromatic ring is 1. The third-order valence-corrected chi connectivity index (χ3v) is 8.35. The number of carbonyl (C=O) groups is 1. The molecule has 2 aromatic heterocycles. The number of para-hydroxylation sites is 1. The Bertz CT molecular complexity index is 1350. The number of hydrogen-bond donors (Lipinski definition) is 2. The highest BCUT2D eigenvalue weighted by molar-refractivity contribution is 8.01. The van der Waals surface area contributed by atoms with Gasteiger partial charge in [-0.1, -0.05) is 34.8 Å². The van der Waals surface area contributed by atoms with Crippen molar-refractivity contribution in [2.45, 2.75) is 44.0 Å². The number of ether oxygens (including phenoxy) is 2. The number of rotatable bonds is 10. The number of hydroxylamine groups is 1. The van der Waals surface area contributed by atoms with Gasteiger partial charge in [-0.15, -0.1) is 0 Å². The molecule has 0 aliphatic carbocycles. The molecule has 0 saturated carbocycles. The third-order valence-electron chi connectivity index (χ3n) is 6.21. The summed E-state index contributed by atoms with van der Waals surface area (Å²) >= 11 is 5.55. The number of alkyl halides is 1. The molecule has 6 atom stereocenters. The summed E-state index contributed by atoms with van der Waals surface area (Å²) in [4.78, 5) is 33.8. The van der Waals surface area contributed by atoms with Crippen LogP contribution in [0.1, 0.15) is 20.1 Å². The number of hydrogen-bond acceptors (Lipinski definition) is 12. The Balaban J connectivity index is 1.54. The minimum absolute atomic E-state index is 0.0245. The molecule has 39 heavy (non-hydrogen) atoms. The van der Waals surface area contributed by atoms with Crippen LogP contribution in [0.2, 0.25) is 0 Å². The highest BCUT2D eigenvalue weighted by atomic mass is 32.4. The van der Waals surface area contributed by atoms with Gasteiger partial charge in [-0.3, -0.25) is 9.36 Å². The van der Waals surface area contributed by atoms with Crippen molar-refractivity contribution in [3.8, 4) is 5.75 Å². The minimum Gasteiger partial charge on any atom is -0.468 e. The smallest absolute Gasteiger partial charge is 0.326 e. The van der Waals surface area contributed by atoms with E-state index in [1.807, 2.05) is 6.07 Å². The largest absolute Gasteiger partial charge is 0.468 e. The van der Waals surface area contributed by atoms with Crippen molar-refractivity contribution in [1.82, 2.24) is 24.4 Å². The third kappa shape index (κ3) is 5.83. The Morgan fingerprint density at radius 3 is 2.69 bits per heavy atom. The van der Waals surface area contributed by atoms with Crippen LogP contribution in [-0.4, -0.2) is 87.2 Å². The number of aromatic nitrogens is 4. The van der Waals surface area contributed by atoms with Crippen molar-refractivity contribution >= 4 is 47.8 Å². The Labute approximate surface area is 230 Å². The van der Waals surface area contributed by atoms with Crippen molar-refractivity contribution in [3.63, 3.8) is 0 Å². The van der Waals surface area contributed by atoms with E-state index >= 15 is 4.39 Å². The van der Waals surface area contributed by atoms with E-state index in [0.29, 0.717) is 17.1 Å². The van der Waals surface area contributed by atoms with Crippen LogP contribution in [0.4, 0.5) is 16.2 Å². The lowest BCUT2D eigenvalue weighted by molar-refractivity contribution is -0.151. The van der Waals surface area contributed by atoms with E-state index < -0.39 is 43.2 Å². The van der Waals surface area contributed by atoms with E-state index in [0.717, 1.165) is 0 Å². The van der Waals surface area contributed by atoms with Crippen molar-refractivity contribution in [1.29, 1.82) is 0 Å². The standard InChI is InChI=1S/C23H31FN7O6PS/c1-13(20(33)34-5)31(37-14-9-7-6-8-10-14)38(39)35-11-15-17(32)23(2,24)21(36-15)30-12-26-16-18(29(3)4)27-22(25)28-19(16)30/h6-10,12-13,15,17,21,32,38H,11H2,1-5H3,(H2,25,27,28)/t13-,15+,17+,21+,23+/m0/s1. The van der Waals surface area contributed by atoms with Crippen LogP contribution in [0.25, 0.3) is 11.2 Å². The highest BCUT2D eigenvalue weighted by Gasteiger charge is 2.55. The van der Waals surface area contributed by atoms with Gasteiger partial charge in [0.2, 0.25) is 5.95 Å². The normalized spacial score (nSPS) is 24.6. The SMILES string of the molecule is COC(=O)[C@H](C)N(Oc1ccccc1)[PH](=S)OC[C@H]1O[C@@H](n2cnc3c(N(C)C)nc(N)nc32)[C@](C)(F)[C@@H]1O. The maximum absolute atomic E-state index is 15.9. The van der Waals surface area contributed by atoms with Gasteiger partial charge in [0.05, 0.1) is 20.0 Å². The molecule has 1 aromatic carbocycles. The van der Waals surface area contributed by atoms with Gasteiger partial charge in [0.25, 0.3) is 0 Å². The number of aliphatic hydroxyl groups excluding tert-OH is 1. The Morgan fingerprint density at radius 2 is 2.05 bits per heavy atom. The molecule has 0 radical (unpaired) electrons. The molecule has 1 saturated heterocycles. The van der Waals surface area contributed by atoms with E-state index in [1.165, 1.54) is 29.8 Å². The number of methoxy groups -OCH3 is 1. The quantitative estimate of drug-likeness (QED) is 0.203. The zero-order chi connectivity index (χ0) is 28.5. The van der Waals surface area contributed by atoms with Gasteiger partial charge >= 0.3 is 5.97 Å². The maximum Gasteiger partial charge on any atom is 0.326 e. The van der Waals surface area contributed by atoms with Crippen LogP contribution in [0.5, 0.6) is 5.75 Å². The molecular weight excluding hydrogens is 552 g/mol. The number of carbonyl (C=O) groups excluding carboxylic acids is 1. The molecule has 3 heterocycles. The molecule has 13 nitrogen and oxygen atoms in total. The second-order valence-electron chi connectivity index (χ2n) is 9.25. The molecule has 0 bridgehead atoms. The molecule has 1 aliphatic rings. The molecule has 0 amide bonds. The van der Waals surface area contributed by atoms with Crippen molar-refractivity contribution in [2.75, 3.05) is 38.4 Å². The molecule has 3 N–H and O–H groups in total. The fourth-order valence-corrected chi connectivity index (χ4v) is 5.93. The molecule has 0 spiro atoms. The summed E-state index contributed by atoms with van der Waals surface area (Å²) in [5.74, 6) is 0.277. The van der Waals surface area contributed by atoms with Gasteiger partial charge in [-0.05, 0) is 26.0 Å². The number of esters is 1. The molecule has 16 heteroatoms. The number of nitrogens with zero attached hydrogens (tertiary/aromatic N) is 6. The first-order valence-corrected chi connectivity index (χ1v) is 14.4. The van der Waals surface area contributed by atoms with Gasteiger partial charge in [-0.2, -0.15) is 9.97 Å². The molecule has 1 aliphatic heterocycles. The summed E-state index contributed by atoms with van der Waals surface area (Å²) in [5, 5.41) is 10.9. The lowest BCUT2D eigenvalue weighted by Gasteiger charge is -2.28. The zero-order valence-electron chi connectivity index (χ0n) is 22.0. The van der Waals surface area contributed by atoms with E-state index in [2.05, 4.69) is 15.0 Å². The van der Waals surface area contributed by atoms with Crippen LogP contribution < -0.4 is 15.5 Å². The van der Waals surface area contributed by atoms with Crippen LogP contribution in [0.3, 0.4) is 0 Å².